The minimum atomic E-state index is 0.498. The zero-order chi connectivity index (χ0) is 7.40. The van der Waals surface area contributed by atoms with E-state index in [4.69, 9.17) is 11.6 Å². The number of rotatable bonds is 2. The Labute approximate surface area is 85.4 Å². The molecule has 0 aliphatic heterocycles. The molecule has 0 nitrogen and oxygen atoms in total. The summed E-state index contributed by atoms with van der Waals surface area (Å²) in [5.41, 5.74) is 0. The summed E-state index contributed by atoms with van der Waals surface area (Å²) in [6.07, 6.45) is 5.30. The monoisotopic (exact) mass is 338 g/mol. The van der Waals surface area contributed by atoms with Gasteiger partial charge < -0.3 is 0 Å². The average Bonchev–Trinajstić information content (AvgIpc) is 1.95. The molecule has 1 rings (SSSR count). The van der Waals surface area contributed by atoms with Crippen LogP contribution in [0.1, 0.15) is 25.7 Å². The molecule has 1 aliphatic carbocycles. The molecule has 60 valence electrons. The van der Waals surface area contributed by atoms with E-state index in [1.165, 1.54) is 31.0 Å². The molecule has 0 heterocycles. The van der Waals surface area contributed by atoms with Gasteiger partial charge in [0.1, 0.15) is 0 Å². The first kappa shape index (κ1) is 9.63. The topological polar surface area (TPSA) is 0 Å². The predicted molar refractivity (Wildman–Crippen MR) is 56.2 cm³/mol. The van der Waals surface area contributed by atoms with Gasteiger partial charge in [-0.05, 0) is 0 Å². The Hall–Kier alpha value is 1.54. The number of hydrogen-bond donors (Lipinski definition) is 0. The summed E-state index contributed by atoms with van der Waals surface area (Å²) < 4.78 is 0. The molecular weight excluding hydrogens is 325 g/mol. The van der Waals surface area contributed by atoms with Crippen LogP contribution in [0.3, 0.4) is 0 Å². The molecule has 0 radical (unpaired) electrons. The third-order valence-corrected chi connectivity index (χ3v) is 5.63. The van der Waals surface area contributed by atoms with Crippen molar-refractivity contribution in [1.82, 2.24) is 0 Å². The maximum atomic E-state index is 5.99. The van der Waals surface area contributed by atoms with Crippen LogP contribution in [-0.4, -0.2) is 17.1 Å². The molecule has 0 aromatic heterocycles. The van der Waals surface area contributed by atoms with Gasteiger partial charge in [0.2, 0.25) is 0 Å². The van der Waals surface area contributed by atoms with Crippen molar-refractivity contribution >= 4 is 43.7 Å². The molecule has 0 spiro atoms. The van der Waals surface area contributed by atoms with Crippen LogP contribution in [0.15, 0.2) is 0 Å². The summed E-state index contributed by atoms with van der Waals surface area (Å²) in [7, 11) is 0. The van der Waals surface area contributed by atoms with Crippen LogP contribution >= 0.6 is 31.9 Å². The van der Waals surface area contributed by atoms with E-state index in [2.05, 4.69) is 20.3 Å². The Morgan fingerprint density at radius 2 is 1.90 bits per heavy atom. The zero-order valence-corrected chi connectivity index (χ0v) is 10.5. The summed E-state index contributed by atoms with van der Waals surface area (Å²) >= 11 is 9.36. The summed E-state index contributed by atoms with van der Waals surface area (Å²) in [6, 6.07) is 0. The van der Waals surface area contributed by atoms with Crippen LogP contribution in [0.4, 0.5) is 0 Å². The molecule has 3 heteroatoms. The summed E-state index contributed by atoms with van der Waals surface area (Å²) in [5.74, 6) is 1.02. The van der Waals surface area contributed by atoms with Crippen LogP contribution in [0.25, 0.3) is 0 Å². The second-order valence-electron chi connectivity index (χ2n) is 2.89. The molecule has 10 heavy (non-hydrogen) atoms. The second kappa shape index (κ2) is 5.23. The third kappa shape index (κ3) is 3.29. The number of alkyl halides is 1. The number of halogens is 2. The molecular formula is C7H12ClISe. The van der Waals surface area contributed by atoms with Crippen LogP contribution < -0.4 is 0 Å². The van der Waals surface area contributed by atoms with Gasteiger partial charge in [-0.1, -0.05) is 0 Å². The normalized spacial score (nSPS) is 34.2. The van der Waals surface area contributed by atoms with E-state index in [1.54, 1.807) is 0 Å². The molecule has 0 saturated heterocycles. The van der Waals surface area contributed by atoms with E-state index in [0.29, 0.717) is 5.38 Å². The van der Waals surface area contributed by atoms with Crippen molar-refractivity contribution in [3.8, 4) is 0 Å². The SMILES string of the molecule is ClC1CCC(C[Se]I)CC1. The fraction of sp³-hybridized carbons (Fsp3) is 1.00. The molecule has 1 aliphatic rings. The van der Waals surface area contributed by atoms with Gasteiger partial charge in [-0.2, -0.15) is 0 Å². The predicted octanol–water partition coefficient (Wildman–Crippen LogP) is 3.26. The van der Waals surface area contributed by atoms with Crippen molar-refractivity contribution in [3.63, 3.8) is 0 Å². The van der Waals surface area contributed by atoms with Gasteiger partial charge in [-0.15, -0.1) is 0 Å². The Morgan fingerprint density at radius 3 is 2.40 bits per heavy atom. The molecule has 0 atom stereocenters. The van der Waals surface area contributed by atoms with E-state index in [1.807, 2.05) is 0 Å². The summed E-state index contributed by atoms with van der Waals surface area (Å²) in [5, 5.41) is 1.97. The Kier molecular flexibility index (Phi) is 5.04. The minimum absolute atomic E-state index is 0.498. The summed E-state index contributed by atoms with van der Waals surface area (Å²) in [4.78, 5) is 0. The number of hydrogen-bond acceptors (Lipinski definition) is 0. The van der Waals surface area contributed by atoms with Gasteiger partial charge in [0.15, 0.2) is 0 Å². The van der Waals surface area contributed by atoms with Crippen LogP contribution in [0.5, 0.6) is 0 Å². The standard InChI is InChI=1S/C7H12ClISe/c8-7-3-1-6(2-4-7)5-10-9/h6-7H,1-5H2. The van der Waals surface area contributed by atoms with Gasteiger partial charge in [-0.25, -0.2) is 0 Å². The van der Waals surface area contributed by atoms with Crippen molar-refractivity contribution in [1.29, 1.82) is 0 Å². The van der Waals surface area contributed by atoms with Crippen molar-refractivity contribution in [2.24, 2.45) is 5.92 Å². The van der Waals surface area contributed by atoms with Crippen molar-refractivity contribution in [3.05, 3.63) is 0 Å². The van der Waals surface area contributed by atoms with Crippen molar-refractivity contribution < 1.29 is 0 Å². The van der Waals surface area contributed by atoms with E-state index < -0.39 is 0 Å². The van der Waals surface area contributed by atoms with Gasteiger partial charge in [-0.3, -0.25) is 0 Å². The van der Waals surface area contributed by atoms with E-state index in [9.17, 15) is 0 Å². The van der Waals surface area contributed by atoms with E-state index in [0.717, 1.165) is 17.6 Å². The fourth-order valence-corrected chi connectivity index (χ4v) is 5.35. The average molecular weight is 337 g/mol. The Bertz CT molecular complexity index is 91.6. The maximum absolute atomic E-state index is 5.99. The summed E-state index contributed by atoms with van der Waals surface area (Å²) in [6.45, 7) is 0. The quantitative estimate of drug-likeness (QED) is 0.412. The van der Waals surface area contributed by atoms with Crippen molar-refractivity contribution in [2.45, 2.75) is 36.4 Å². The first-order valence-corrected chi connectivity index (χ1v) is 10.6. The van der Waals surface area contributed by atoms with E-state index in [-0.39, 0.29) is 0 Å². The zero-order valence-electron chi connectivity index (χ0n) is 5.85. The molecule has 0 unspecified atom stereocenters. The van der Waals surface area contributed by atoms with Crippen LogP contribution in [0.2, 0.25) is 5.32 Å². The molecule has 1 fully saturated rings. The Morgan fingerprint density at radius 1 is 1.30 bits per heavy atom. The molecule has 0 N–H and O–H groups in total. The first-order chi connectivity index (χ1) is 4.83. The molecule has 0 bridgehead atoms. The molecule has 0 amide bonds. The Balaban J connectivity index is 2.13. The molecule has 0 aromatic rings. The van der Waals surface area contributed by atoms with Crippen molar-refractivity contribution in [2.75, 3.05) is 0 Å². The van der Waals surface area contributed by atoms with Gasteiger partial charge in [0.25, 0.3) is 0 Å². The van der Waals surface area contributed by atoms with Gasteiger partial charge in [0, 0.05) is 0 Å². The molecule has 0 aromatic carbocycles. The van der Waals surface area contributed by atoms with Crippen LogP contribution in [0, 0.1) is 5.92 Å². The second-order valence-corrected chi connectivity index (χ2v) is 7.90. The first-order valence-electron chi connectivity index (χ1n) is 3.70. The van der Waals surface area contributed by atoms with Gasteiger partial charge in [0.05, 0.1) is 0 Å². The van der Waals surface area contributed by atoms with Crippen LogP contribution in [-0.2, 0) is 0 Å². The molecule has 1 saturated carbocycles. The van der Waals surface area contributed by atoms with E-state index >= 15 is 0 Å². The fourth-order valence-electron chi connectivity index (χ4n) is 1.38. The van der Waals surface area contributed by atoms with Gasteiger partial charge >= 0.3 is 86.0 Å². The third-order valence-electron chi connectivity index (χ3n) is 2.07.